The number of urea groups is 1. The van der Waals surface area contributed by atoms with Crippen molar-refractivity contribution in [2.45, 2.75) is 70.4 Å². The molecule has 7 nitrogen and oxygen atoms in total. The lowest BCUT2D eigenvalue weighted by atomic mass is 9.95. The van der Waals surface area contributed by atoms with Crippen LogP contribution in [0.4, 0.5) is 10.7 Å². The molecule has 0 atom stereocenters. The Morgan fingerprint density at radius 3 is 2.72 bits per heavy atom. The summed E-state index contributed by atoms with van der Waals surface area (Å²) in [6, 6.07) is 8.27. The van der Waals surface area contributed by atoms with E-state index >= 15 is 0 Å². The molecule has 1 saturated carbocycles. The van der Waals surface area contributed by atoms with Crippen molar-refractivity contribution < 1.29 is 9.59 Å². The minimum Gasteiger partial charge on any atom is -0.353 e. The van der Waals surface area contributed by atoms with Crippen molar-refractivity contribution in [1.82, 2.24) is 20.2 Å². The molecule has 156 valence electrons. The summed E-state index contributed by atoms with van der Waals surface area (Å²) in [6.07, 6.45) is 9.30. The highest BCUT2D eigenvalue weighted by atomic mass is 16.2. The number of amides is 3. The normalized spacial score (nSPS) is 16.8. The van der Waals surface area contributed by atoms with Crippen LogP contribution in [0.1, 0.15) is 57.8 Å². The zero-order valence-corrected chi connectivity index (χ0v) is 17.0. The minimum atomic E-state index is -0.0888. The van der Waals surface area contributed by atoms with Gasteiger partial charge in [-0.2, -0.15) is 0 Å². The van der Waals surface area contributed by atoms with Gasteiger partial charge in [-0.3, -0.25) is 9.69 Å². The fourth-order valence-electron chi connectivity index (χ4n) is 4.41. The number of nitrogens with zero attached hydrogens (tertiary/aromatic N) is 3. The number of carbonyl (C=O) groups excluding carboxylic acids is 2. The smallest absolute Gasteiger partial charge is 0.324 e. The van der Waals surface area contributed by atoms with E-state index in [0.29, 0.717) is 25.6 Å². The van der Waals surface area contributed by atoms with Crippen LogP contribution < -0.4 is 15.5 Å². The third-order valence-corrected chi connectivity index (χ3v) is 6.00. The zero-order valence-electron chi connectivity index (χ0n) is 17.0. The first-order valence-corrected chi connectivity index (χ1v) is 11.0. The van der Waals surface area contributed by atoms with Gasteiger partial charge in [0.2, 0.25) is 11.9 Å². The Kier molecular flexibility index (Phi) is 6.32. The van der Waals surface area contributed by atoms with Gasteiger partial charge in [0, 0.05) is 32.1 Å². The summed E-state index contributed by atoms with van der Waals surface area (Å²) in [6.45, 7) is 2.06. The predicted molar refractivity (Wildman–Crippen MR) is 114 cm³/mol. The van der Waals surface area contributed by atoms with E-state index in [2.05, 4.69) is 20.2 Å². The molecule has 2 heterocycles. The van der Waals surface area contributed by atoms with Gasteiger partial charge >= 0.3 is 6.03 Å². The lowest BCUT2D eigenvalue weighted by Gasteiger charge is -2.22. The molecule has 2 N–H and O–H groups in total. The molecule has 0 saturated heterocycles. The van der Waals surface area contributed by atoms with E-state index in [-0.39, 0.29) is 11.9 Å². The van der Waals surface area contributed by atoms with Gasteiger partial charge < -0.3 is 15.2 Å². The molecule has 1 aromatic carbocycles. The van der Waals surface area contributed by atoms with Gasteiger partial charge in [0.05, 0.1) is 11.0 Å². The zero-order chi connectivity index (χ0) is 20.1. The van der Waals surface area contributed by atoms with Crippen molar-refractivity contribution in [1.29, 1.82) is 0 Å². The number of benzene rings is 1. The molecule has 1 aliphatic carbocycles. The Morgan fingerprint density at radius 1 is 1.03 bits per heavy atom. The standard InChI is InChI=1S/C22H31N5O2/c28-20(24-17-9-3-1-4-10-17)13-5-2-8-14-23-22(29)27-16-15-26-19-12-7-6-11-18(19)25-21(26)27/h6-7,11-12,17H,1-5,8-10,13-16H2,(H,23,29)(H,24,28). The van der Waals surface area contributed by atoms with Gasteiger partial charge in [0.1, 0.15) is 0 Å². The fraction of sp³-hybridized carbons (Fsp3) is 0.591. The number of carbonyl (C=O) groups is 2. The average Bonchev–Trinajstić information content (AvgIpc) is 3.30. The summed E-state index contributed by atoms with van der Waals surface area (Å²) < 4.78 is 2.10. The number of nitrogens with one attached hydrogen (secondary N) is 2. The predicted octanol–water partition coefficient (Wildman–Crippen LogP) is 3.58. The lowest BCUT2D eigenvalue weighted by molar-refractivity contribution is -0.122. The maximum Gasteiger partial charge on any atom is 0.324 e. The lowest BCUT2D eigenvalue weighted by Crippen LogP contribution is -2.39. The van der Waals surface area contributed by atoms with Crippen LogP contribution in [0.15, 0.2) is 24.3 Å². The van der Waals surface area contributed by atoms with E-state index in [1.54, 1.807) is 4.90 Å². The number of aromatic nitrogens is 2. The maximum atomic E-state index is 12.5. The third-order valence-electron chi connectivity index (χ3n) is 6.00. The number of hydrogen-bond donors (Lipinski definition) is 2. The van der Waals surface area contributed by atoms with Gasteiger partial charge in [-0.1, -0.05) is 37.8 Å². The van der Waals surface area contributed by atoms with Crippen LogP contribution in [0, 0.1) is 0 Å². The van der Waals surface area contributed by atoms with Crippen LogP contribution in [0.3, 0.4) is 0 Å². The Labute approximate surface area is 171 Å². The number of imidazole rings is 1. The number of para-hydroxylation sites is 2. The van der Waals surface area contributed by atoms with Gasteiger partial charge in [-0.15, -0.1) is 0 Å². The van der Waals surface area contributed by atoms with E-state index in [4.69, 9.17) is 0 Å². The van der Waals surface area contributed by atoms with Crippen LogP contribution in [0.5, 0.6) is 0 Å². The molecule has 1 fully saturated rings. The molecule has 0 spiro atoms. The monoisotopic (exact) mass is 397 g/mol. The molecule has 1 aromatic heterocycles. The second kappa shape index (κ2) is 9.29. The topological polar surface area (TPSA) is 79.3 Å². The van der Waals surface area contributed by atoms with Crippen molar-refractivity contribution in [3.05, 3.63) is 24.3 Å². The van der Waals surface area contributed by atoms with Crippen LogP contribution in [-0.2, 0) is 11.3 Å². The highest BCUT2D eigenvalue weighted by Crippen LogP contribution is 2.27. The summed E-state index contributed by atoms with van der Waals surface area (Å²) in [5.74, 6) is 0.903. The Morgan fingerprint density at radius 2 is 1.86 bits per heavy atom. The molecule has 1 aliphatic heterocycles. The van der Waals surface area contributed by atoms with Crippen LogP contribution in [0.2, 0.25) is 0 Å². The molecule has 4 rings (SSSR count). The molecule has 2 aliphatic rings. The van der Waals surface area contributed by atoms with Crippen molar-refractivity contribution >= 4 is 28.9 Å². The van der Waals surface area contributed by atoms with E-state index in [9.17, 15) is 9.59 Å². The largest absolute Gasteiger partial charge is 0.353 e. The molecular formula is C22H31N5O2. The van der Waals surface area contributed by atoms with Gasteiger partial charge in [-0.25, -0.2) is 9.78 Å². The van der Waals surface area contributed by atoms with Crippen molar-refractivity contribution in [2.75, 3.05) is 18.0 Å². The van der Waals surface area contributed by atoms with E-state index in [1.165, 1.54) is 19.3 Å². The Balaban J connectivity index is 1.14. The first-order valence-electron chi connectivity index (χ1n) is 11.0. The third kappa shape index (κ3) is 4.71. The van der Waals surface area contributed by atoms with E-state index in [1.807, 2.05) is 24.3 Å². The van der Waals surface area contributed by atoms with Gasteiger partial charge in [0.15, 0.2) is 0 Å². The summed E-state index contributed by atoms with van der Waals surface area (Å²) in [5, 5.41) is 6.16. The molecular weight excluding hydrogens is 366 g/mol. The molecule has 0 radical (unpaired) electrons. The van der Waals surface area contributed by atoms with Crippen LogP contribution in [-0.4, -0.2) is 40.6 Å². The molecule has 0 unspecified atom stereocenters. The first-order chi connectivity index (χ1) is 14.2. The second-order valence-electron chi connectivity index (χ2n) is 8.15. The first kappa shape index (κ1) is 19.7. The SMILES string of the molecule is O=C(CCCCCNC(=O)N1CCn2c1nc1ccccc12)NC1CCCCC1. The number of fused-ring (bicyclic) bond motifs is 3. The molecule has 29 heavy (non-hydrogen) atoms. The fourth-order valence-corrected chi connectivity index (χ4v) is 4.41. The Hall–Kier alpha value is -2.57. The summed E-state index contributed by atoms with van der Waals surface area (Å²) in [5.41, 5.74) is 2.00. The number of rotatable bonds is 7. The van der Waals surface area contributed by atoms with Gasteiger partial charge in [0.25, 0.3) is 0 Å². The number of unbranched alkanes of at least 4 members (excludes halogenated alkanes) is 2. The van der Waals surface area contributed by atoms with Crippen molar-refractivity contribution in [3.8, 4) is 0 Å². The van der Waals surface area contributed by atoms with Crippen molar-refractivity contribution in [3.63, 3.8) is 0 Å². The number of hydrogen-bond acceptors (Lipinski definition) is 3. The molecule has 3 amide bonds. The maximum absolute atomic E-state index is 12.5. The second-order valence-corrected chi connectivity index (χ2v) is 8.15. The molecule has 0 bridgehead atoms. The van der Waals surface area contributed by atoms with Crippen molar-refractivity contribution in [2.24, 2.45) is 0 Å². The Bertz CT molecular complexity index is 856. The van der Waals surface area contributed by atoms with E-state index < -0.39 is 0 Å². The quantitative estimate of drug-likeness (QED) is 0.701. The van der Waals surface area contributed by atoms with E-state index in [0.717, 1.165) is 55.6 Å². The summed E-state index contributed by atoms with van der Waals surface area (Å²) >= 11 is 0. The minimum absolute atomic E-state index is 0.0888. The number of anilines is 1. The summed E-state index contributed by atoms with van der Waals surface area (Å²) in [4.78, 5) is 30.9. The highest BCUT2D eigenvalue weighted by Gasteiger charge is 2.27. The van der Waals surface area contributed by atoms with Crippen LogP contribution >= 0.6 is 0 Å². The summed E-state index contributed by atoms with van der Waals surface area (Å²) in [7, 11) is 0. The average molecular weight is 398 g/mol. The molecule has 2 aromatic rings. The van der Waals surface area contributed by atoms with Crippen LogP contribution in [0.25, 0.3) is 11.0 Å². The van der Waals surface area contributed by atoms with Gasteiger partial charge in [-0.05, 0) is 37.8 Å². The molecule has 7 heteroatoms. The highest BCUT2D eigenvalue weighted by molar-refractivity contribution is 5.93.